The van der Waals surface area contributed by atoms with Crippen molar-refractivity contribution < 1.29 is 9.90 Å². The van der Waals surface area contributed by atoms with Crippen molar-refractivity contribution in [3.63, 3.8) is 0 Å². The summed E-state index contributed by atoms with van der Waals surface area (Å²) in [6.45, 7) is 4.26. The first-order valence-corrected chi connectivity index (χ1v) is 7.18. The largest absolute Gasteiger partial charge is 0.391 e. The minimum absolute atomic E-state index is 0.174. The Balaban J connectivity index is 1.94. The monoisotopic (exact) mass is 287 g/mol. The Hall–Kier alpha value is -2.14. The number of amides is 1. The topological polar surface area (TPSA) is 67.2 Å². The predicted molar refractivity (Wildman–Crippen MR) is 81.4 cm³/mol. The van der Waals surface area contributed by atoms with Crippen LogP contribution in [0.25, 0.3) is 5.69 Å². The van der Waals surface area contributed by atoms with Crippen molar-refractivity contribution in [1.29, 1.82) is 0 Å². The van der Waals surface area contributed by atoms with Gasteiger partial charge in [0.05, 0.1) is 11.8 Å². The number of hydrogen-bond donors (Lipinski definition) is 2. The van der Waals surface area contributed by atoms with E-state index < -0.39 is 6.10 Å². The van der Waals surface area contributed by atoms with E-state index in [1.165, 1.54) is 0 Å². The van der Waals surface area contributed by atoms with Gasteiger partial charge in [0.2, 0.25) is 0 Å². The van der Waals surface area contributed by atoms with Gasteiger partial charge in [-0.15, -0.1) is 0 Å². The van der Waals surface area contributed by atoms with Gasteiger partial charge in [0.25, 0.3) is 5.91 Å². The molecule has 2 N–H and O–H groups in total. The van der Waals surface area contributed by atoms with Crippen LogP contribution >= 0.6 is 0 Å². The number of carbonyl (C=O) groups excluding carboxylic acids is 1. The molecular formula is C16H21N3O2. The Morgan fingerprint density at radius 1 is 1.38 bits per heavy atom. The van der Waals surface area contributed by atoms with Gasteiger partial charge in [-0.05, 0) is 36.2 Å². The molecule has 1 amide bonds. The van der Waals surface area contributed by atoms with Crippen molar-refractivity contribution in [2.75, 3.05) is 6.54 Å². The van der Waals surface area contributed by atoms with Crippen LogP contribution in [-0.2, 0) is 0 Å². The van der Waals surface area contributed by atoms with E-state index in [-0.39, 0.29) is 18.4 Å². The van der Waals surface area contributed by atoms with Gasteiger partial charge >= 0.3 is 0 Å². The van der Waals surface area contributed by atoms with Gasteiger partial charge in [0.15, 0.2) is 0 Å². The van der Waals surface area contributed by atoms with E-state index in [0.717, 1.165) is 12.1 Å². The molecule has 5 nitrogen and oxygen atoms in total. The fraction of sp³-hybridized carbons (Fsp3) is 0.375. The molecule has 0 aliphatic rings. The molecule has 0 saturated heterocycles. The average Bonchev–Trinajstić information content (AvgIpc) is 3.06. The van der Waals surface area contributed by atoms with Crippen LogP contribution in [0.4, 0.5) is 0 Å². The highest BCUT2D eigenvalue weighted by atomic mass is 16.3. The van der Waals surface area contributed by atoms with E-state index >= 15 is 0 Å². The molecule has 112 valence electrons. The lowest BCUT2D eigenvalue weighted by Crippen LogP contribution is -2.35. The van der Waals surface area contributed by atoms with Gasteiger partial charge in [-0.1, -0.05) is 20.3 Å². The van der Waals surface area contributed by atoms with Crippen molar-refractivity contribution >= 4 is 5.91 Å². The fourth-order valence-corrected chi connectivity index (χ4v) is 1.96. The van der Waals surface area contributed by atoms with Gasteiger partial charge in [-0.2, -0.15) is 5.10 Å². The summed E-state index contributed by atoms with van der Waals surface area (Å²) in [5.41, 5.74) is 1.47. The lowest BCUT2D eigenvalue weighted by molar-refractivity contribution is 0.0850. The minimum Gasteiger partial charge on any atom is -0.391 e. The number of nitrogens with one attached hydrogen (secondary N) is 1. The van der Waals surface area contributed by atoms with E-state index in [0.29, 0.717) is 5.56 Å². The SMILES string of the molecule is CCC(C)C(O)CNC(=O)c1ccc(-n2cccn2)cc1. The Labute approximate surface area is 124 Å². The lowest BCUT2D eigenvalue weighted by Gasteiger charge is -2.17. The second-order valence-electron chi connectivity index (χ2n) is 5.16. The van der Waals surface area contributed by atoms with E-state index in [1.54, 1.807) is 23.0 Å². The molecule has 0 bridgehead atoms. The number of aliphatic hydroxyl groups excluding tert-OH is 1. The van der Waals surface area contributed by atoms with Gasteiger partial charge in [0, 0.05) is 24.5 Å². The summed E-state index contributed by atoms with van der Waals surface area (Å²) in [6, 6.07) is 9.03. The smallest absolute Gasteiger partial charge is 0.251 e. The summed E-state index contributed by atoms with van der Waals surface area (Å²) >= 11 is 0. The Morgan fingerprint density at radius 2 is 2.10 bits per heavy atom. The highest BCUT2D eigenvalue weighted by molar-refractivity contribution is 5.94. The Kier molecular flexibility index (Phi) is 5.11. The van der Waals surface area contributed by atoms with Crippen LogP contribution in [0.5, 0.6) is 0 Å². The quantitative estimate of drug-likeness (QED) is 0.854. The van der Waals surface area contributed by atoms with Gasteiger partial charge in [-0.3, -0.25) is 4.79 Å². The molecule has 0 saturated carbocycles. The zero-order valence-electron chi connectivity index (χ0n) is 12.4. The van der Waals surface area contributed by atoms with E-state index in [9.17, 15) is 9.90 Å². The third-order valence-electron chi connectivity index (χ3n) is 3.67. The predicted octanol–water partition coefficient (Wildman–Crippen LogP) is 2.01. The van der Waals surface area contributed by atoms with Crippen LogP contribution in [0.3, 0.4) is 0 Å². The van der Waals surface area contributed by atoms with Crippen molar-refractivity contribution in [3.8, 4) is 5.69 Å². The fourth-order valence-electron chi connectivity index (χ4n) is 1.96. The number of carbonyl (C=O) groups is 1. The second-order valence-corrected chi connectivity index (χ2v) is 5.16. The van der Waals surface area contributed by atoms with Crippen molar-refractivity contribution in [1.82, 2.24) is 15.1 Å². The molecule has 0 spiro atoms. The zero-order chi connectivity index (χ0) is 15.2. The molecular weight excluding hydrogens is 266 g/mol. The van der Waals surface area contributed by atoms with Crippen LogP contribution in [-0.4, -0.2) is 33.4 Å². The highest BCUT2D eigenvalue weighted by Gasteiger charge is 2.14. The van der Waals surface area contributed by atoms with Gasteiger partial charge in [0.1, 0.15) is 0 Å². The maximum Gasteiger partial charge on any atom is 0.251 e. The van der Waals surface area contributed by atoms with Crippen LogP contribution < -0.4 is 5.32 Å². The first-order chi connectivity index (χ1) is 10.1. The molecule has 0 aliphatic heterocycles. The number of nitrogens with zero attached hydrogens (tertiary/aromatic N) is 2. The molecule has 2 aromatic rings. The first-order valence-electron chi connectivity index (χ1n) is 7.18. The normalized spacial score (nSPS) is 13.7. The molecule has 2 unspecified atom stereocenters. The number of hydrogen-bond acceptors (Lipinski definition) is 3. The molecule has 2 rings (SSSR count). The average molecular weight is 287 g/mol. The Bertz CT molecular complexity index is 564. The maximum atomic E-state index is 12.0. The van der Waals surface area contributed by atoms with E-state index in [4.69, 9.17) is 0 Å². The van der Waals surface area contributed by atoms with Gasteiger partial charge in [-0.25, -0.2) is 4.68 Å². The molecule has 5 heteroatoms. The summed E-state index contributed by atoms with van der Waals surface area (Å²) in [4.78, 5) is 12.0. The second kappa shape index (κ2) is 7.04. The van der Waals surface area contributed by atoms with Crippen LogP contribution in [0.1, 0.15) is 30.6 Å². The summed E-state index contributed by atoms with van der Waals surface area (Å²) < 4.78 is 1.73. The molecule has 0 aliphatic carbocycles. The van der Waals surface area contributed by atoms with Crippen molar-refractivity contribution in [3.05, 3.63) is 48.3 Å². The number of rotatable bonds is 6. The van der Waals surface area contributed by atoms with Crippen LogP contribution in [0.15, 0.2) is 42.7 Å². The standard InChI is InChI=1S/C16H21N3O2/c1-3-12(2)15(20)11-17-16(21)13-5-7-14(8-6-13)19-10-4-9-18-19/h4-10,12,15,20H,3,11H2,1-2H3,(H,17,21). The molecule has 21 heavy (non-hydrogen) atoms. The third kappa shape index (κ3) is 3.92. The van der Waals surface area contributed by atoms with E-state index in [1.807, 2.05) is 38.2 Å². The summed E-state index contributed by atoms with van der Waals surface area (Å²) in [5.74, 6) is -0.00291. The van der Waals surface area contributed by atoms with Crippen LogP contribution in [0.2, 0.25) is 0 Å². The van der Waals surface area contributed by atoms with Crippen molar-refractivity contribution in [2.45, 2.75) is 26.4 Å². The molecule has 0 radical (unpaired) electrons. The first kappa shape index (κ1) is 15.3. The maximum absolute atomic E-state index is 12.0. The summed E-state index contributed by atoms with van der Waals surface area (Å²) in [7, 11) is 0. The van der Waals surface area contributed by atoms with E-state index in [2.05, 4.69) is 10.4 Å². The van der Waals surface area contributed by atoms with Crippen LogP contribution in [0, 0.1) is 5.92 Å². The number of aromatic nitrogens is 2. The number of benzene rings is 1. The summed E-state index contributed by atoms with van der Waals surface area (Å²) in [6.07, 6.45) is 3.92. The molecule has 1 heterocycles. The zero-order valence-corrected chi connectivity index (χ0v) is 12.4. The minimum atomic E-state index is -0.512. The third-order valence-corrected chi connectivity index (χ3v) is 3.67. The highest BCUT2D eigenvalue weighted by Crippen LogP contribution is 2.09. The number of aliphatic hydroxyl groups is 1. The molecule has 2 atom stereocenters. The molecule has 0 fully saturated rings. The summed E-state index contributed by atoms with van der Waals surface area (Å²) in [5, 5.41) is 16.7. The molecule has 1 aromatic carbocycles. The van der Waals surface area contributed by atoms with Crippen molar-refractivity contribution in [2.24, 2.45) is 5.92 Å². The van der Waals surface area contributed by atoms with Gasteiger partial charge < -0.3 is 10.4 Å². The molecule has 1 aromatic heterocycles. The lowest BCUT2D eigenvalue weighted by atomic mass is 10.0. The Morgan fingerprint density at radius 3 is 2.67 bits per heavy atom.